The summed E-state index contributed by atoms with van der Waals surface area (Å²) in [4.78, 5) is 30.3. The van der Waals surface area contributed by atoms with Crippen LogP contribution in [0.2, 0.25) is 0 Å². The van der Waals surface area contributed by atoms with E-state index in [9.17, 15) is 9.59 Å². The SMILES string of the molecule is O=C(c1cccs1)C1CCCN(C(=O)CN2CCOc3ccccc3C2)C1. The Morgan fingerprint density at radius 3 is 2.89 bits per heavy atom. The van der Waals surface area contributed by atoms with E-state index in [-0.39, 0.29) is 17.6 Å². The molecule has 1 fully saturated rings. The molecule has 1 atom stereocenters. The van der Waals surface area contributed by atoms with Crippen molar-refractivity contribution in [3.8, 4) is 5.75 Å². The fourth-order valence-electron chi connectivity index (χ4n) is 3.84. The first-order valence-corrected chi connectivity index (χ1v) is 10.4. The number of rotatable bonds is 4. The minimum absolute atomic E-state index is 0.0745. The maximum absolute atomic E-state index is 12.9. The fraction of sp³-hybridized carbons (Fsp3) is 0.429. The Balaban J connectivity index is 1.37. The predicted octanol–water partition coefficient (Wildman–Crippen LogP) is 3.06. The molecule has 6 heteroatoms. The number of benzene rings is 1. The number of fused-ring (bicyclic) bond motifs is 1. The summed E-state index contributed by atoms with van der Waals surface area (Å²) in [6.45, 7) is 3.69. The first-order valence-electron chi connectivity index (χ1n) is 9.49. The minimum atomic E-state index is -0.0745. The topological polar surface area (TPSA) is 49.9 Å². The first-order chi connectivity index (χ1) is 13.2. The van der Waals surface area contributed by atoms with E-state index in [2.05, 4.69) is 11.0 Å². The van der Waals surface area contributed by atoms with Gasteiger partial charge in [0.15, 0.2) is 5.78 Å². The Morgan fingerprint density at radius 2 is 2.04 bits per heavy atom. The van der Waals surface area contributed by atoms with Crippen LogP contribution >= 0.6 is 11.3 Å². The fourth-order valence-corrected chi connectivity index (χ4v) is 4.59. The van der Waals surface area contributed by atoms with Gasteiger partial charge in [-0.3, -0.25) is 14.5 Å². The van der Waals surface area contributed by atoms with Crippen LogP contribution in [0.5, 0.6) is 5.75 Å². The molecule has 2 aliphatic heterocycles. The number of piperidine rings is 1. The number of amides is 1. The van der Waals surface area contributed by atoms with Gasteiger partial charge in [-0.1, -0.05) is 24.3 Å². The number of Topliss-reactive ketones (excluding diaryl/α,β-unsaturated/α-hetero) is 1. The second kappa shape index (κ2) is 8.23. The summed E-state index contributed by atoms with van der Waals surface area (Å²) in [5.74, 6) is 1.12. The van der Waals surface area contributed by atoms with Gasteiger partial charge in [0.05, 0.1) is 11.4 Å². The number of thiophene rings is 1. The summed E-state index contributed by atoms with van der Waals surface area (Å²) in [5, 5.41) is 1.93. The Labute approximate surface area is 163 Å². The molecule has 5 nitrogen and oxygen atoms in total. The van der Waals surface area contributed by atoms with E-state index >= 15 is 0 Å². The molecule has 0 spiro atoms. The average Bonchev–Trinajstić information content (AvgIpc) is 3.15. The van der Waals surface area contributed by atoms with Crippen LogP contribution in [0.4, 0.5) is 0 Å². The van der Waals surface area contributed by atoms with Crippen molar-refractivity contribution >= 4 is 23.0 Å². The Bertz CT molecular complexity index is 806. The van der Waals surface area contributed by atoms with E-state index in [4.69, 9.17) is 4.74 Å². The lowest BCUT2D eigenvalue weighted by molar-refractivity contribution is -0.134. The maximum Gasteiger partial charge on any atom is 0.236 e. The van der Waals surface area contributed by atoms with Crippen molar-refractivity contribution in [2.24, 2.45) is 5.92 Å². The number of carbonyl (C=O) groups is 2. The summed E-state index contributed by atoms with van der Waals surface area (Å²) in [6.07, 6.45) is 1.75. The lowest BCUT2D eigenvalue weighted by Gasteiger charge is -2.33. The second-order valence-electron chi connectivity index (χ2n) is 7.19. The molecular weight excluding hydrogens is 360 g/mol. The predicted molar refractivity (Wildman–Crippen MR) is 105 cm³/mol. The number of carbonyl (C=O) groups excluding carboxylic acids is 2. The quantitative estimate of drug-likeness (QED) is 0.761. The number of likely N-dealkylation sites (tertiary alicyclic amines) is 1. The van der Waals surface area contributed by atoms with Gasteiger partial charge in [0.1, 0.15) is 12.4 Å². The largest absolute Gasteiger partial charge is 0.492 e. The summed E-state index contributed by atoms with van der Waals surface area (Å²) < 4.78 is 5.79. The van der Waals surface area contributed by atoms with Gasteiger partial charge in [0.25, 0.3) is 0 Å². The highest BCUT2D eigenvalue weighted by atomic mass is 32.1. The summed E-state index contributed by atoms with van der Waals surface area (Å²) >= 11 is 1.48. The molecule has 0 aliphatic carbocycles. The van der Waals surface area contributed by atoms with Gasteiger partial charge < -0.3 is 9.64 Å². The summed E-state index contributed by atoms with van der Waals surface area (Å²) in [7, 11) is 0. The van der Waals surface area contributed by atoms with Crippen LogP contribution in [0.1, 0.15) is 28.1 Å². The molecule has 4 rings (SSSR count). The number of para-hydroxylation sites is 1. The molecular formula is C21H24N2O3S. The van der Waals surface area contributed by atoms with Crippen LogP contribution in [0, 0.1) is 5.92 Å². The molecule has 1 unspecified atom stereocenters. The lowest BCUT2D eigenvalue weighted by Crippen LogP contribution is -2.46. The highest BCUT2D eigenvalue weighted by Gasteiger charge is 2.30. The third kappa shape index (κ3) is 4.22. The van der Waals surface area contributed by atoms with Gasteiger partial charge in [-0.15, -0.1) is 11.3 Å². The van der Waals surface area contributed by atoms with Crippen molar-refractivity contribution in [1.82, 2.24) is 9.80 Å². The van der Waals surface area contributed by atoms with E-state index in [1.54, 1.807) is 0 Å². The van der Waals surface area contributed by atoms with E-state index in [1.807, 2.05) is 40.6 Å². The molecule has 2 aliphatic rings. The summed E-state index contributed by atoms with van der Waals surface area (Å²) in [5.41, 5.74) is 1.12. The van der Waals surface area contributed by atoms with Crippen LogP contribution in [-0.4, -0.2) is 54.3 Å². The Kier molecular flexibility index (Phi) is 5.55. The summed E-state index contributed by atoms with van der Waals surface area (Å²) in [6, 6.07) is 11.8. The van der Waals surface area contributed by atoms with Gasteiger partial charge >= 0.3 is 0 Å². The molecule has 2 aromatic rings. The minimum Gasteiger partial charge on any atom is -0.492 e. The van der Waals surface area contributed by atoms with Crippen molar-refractivity contribution in [3.63, 3.8) is 0 Å². The molecule has 0 bridgehead atoms. The van der Waals surface area contributed by atoms with Crippen molar-refractivity contribution in [3.05, 3.63) is 52.2 Å². The molecule has 1 aromatic carbocycles. The van der Waals surface area contributed by atoms with Crippen LogP contribution in [-0.2, 0) is 11.3 Å². The van der Waals surface area contributed by atoms with E-state index in [0.29, 0.717) is 26.2 Å². The average molecular weight is 385 g/mol. The third-order valence-corrected chi connectivity index (χ3v) is 6.18. The highest BCUT2D eigenvalue weighted by molar-refractivity contribution is 7.12. The molecule has 0 N–H and O–H groups in total. The number of hydrogen-bond acceptors (Lipinski definition) is 5. The first kappa shape index (κ1) is 18.2. The van der Waals surface area contributed by atoms with Crippen LogP contribution in [0.3, 0.4) is 0 Å². The monoisotopic (exact) mass is 384 g/mol. The standard InChI is InChI=1S/C21H24N2O3S/c24-20(15-22-10-11-26-18-7-2-1-5-16(18)13-22)23-9-3-6-17(14-23)21(25)19-8-4-12-27-19/h1-2,4-5,7-8,12,17H,3,6,9-11,13-15H2. The molecule has 1 amide bonds. The molecule has 3 heterocycles. The zero-order valence-corrected chi connectivity index (χ0v) is 16.1. The maximum atomic E-state index is 12.9. The Morgan fingerprint density at radius 1 is 1.15 bits per heavy atom. The number of ketones is 1. The van der Waals surface area contributed by atoms with E-state index < -0.39 is 0 Å². The number of hydrogen-bond donors (Lipinski definition) is 0. The van der Waals surface area contributed by atoms with Crippen molar-refractivity contribution in [2.45, 2.75) is 19.4 Å². The van der Waals surface area contributed by atoms with Crippen molar-refractivity contribution in [2.75, 3.05) is 32.8 Å². The van der Waals surface area contributed by atoms with Crippen LogP contribution in [0.15, 0.2) is 41.8 Å². The molecule has 27 heavy (non-hydrogen) atoms. The smallest absolute Gasteiger partial charge is 0.236 e. The molecule has 142 valence electrons. The van der Waals surface area contributed by atoms with Crippen molar-refractivity contribution < 1.29 is 14.3 Å². The van der Waals surface area contributed by atoms with Gasteiger partial charge in [0, 0.05) is 37.7 Å². The molecule has 1 saturated heterocycles. The zero-order chi connectivity index (χ0) is 18.6. The van der Waals surface area contributed by atoms with E-state index in [1.165, 1.54) is 11.3 Å². The molecule has 0 radical (unpaired) electrons. The van der Waals surface area contributed by atoms with Gasteiger partial charge in [0.2, 0.25) is 5.91 Å². The van der Waals surface area contributed by atoms with Crippen LogP contribution in [0.25, 0.3) is 0 Å². The zero-order valence-electron chi connectivity index (χ0n) is 15.3. The molecule has 0 saturated carbocycles. The molecule has 1 aromatic heterocycles. The highest BCUT2D eigenvalue weighted by Crippen LogP contribution is 2.25. The Hall–Kier alpha value is -2.18. The van der Waals surface area contributed by atoms with Gasteiger partial charge in [-0.25, -0.2) is 0 Å². The lowest BCUT2D eigenvalue weighted by atomic mass is 9.93. The number of nitrogens with zero attached hydrogens (tertiary/aromatic N) is 2. The normalized spacial score (nSPS) is 20.4. The van der Waals surface area contributed by atoms with E-state index in [0.717, 1.165) is 42.1 Å². The van der Waals surface area contributed by atoms with Crippen molar-refractivity contribution in [1.29, 1.82) is 0 Å². The van der Waals surface area contributed by atoms with Gasteiger partial charge in [-0.2, -0.15) is 0 Å². The van der Waals surface area contributed by atoms with Gasteiger partial charge in [-0.05, 0) is 30.4 Å². The number of ether oxygens (including phenoxy) is 1. The third-order valence-electron chi connectivity index (χ3n) is 5.30. The van der Waals surface area contributed by atoms with Crippen LogP contribution < -0.4 is 4.74 Å². The second-order valence-corrected chi connectivity index (χ2v) is 8.13.